The molecule has 0 saturated heterocycles. The van der Waals surface area contributed by atoms with E-state index < -0.39 is 0 Å². The predicted molar refractivity (Wildman–Crippen MR) is 205 cm³/mol. The van der Waals surface area contributed by atoms with Gasteiger partial charge in [-0.3, -0.25) is 14.5 Å². The van der Waals surface area contributed by atoms with Gasteiger partial charge < -0.3 is 4.57 Å². The summed E-state index contributed by atoms with van der Waals surface area (Å²) in [6.45, 7) is 0. The molecule has 5 aromatic carbocycles. The first-order chi connectivity index (χ1) is 24.8. The molecule has 50 heavy (non-hydrogen) atoms. The molecule has 5 aromatic heterocycles. The second kappa shape index (κ2) is 11.4. The van der Waals surface area contributed by atoms with Crippen molar-refractivity contribution >= 4 is 43.7 Å². The molecule has 10 rings (SSSR count). The predicted octanol–water partition coefficient (Wildman–Crippen LogP) is 11.1. The molecule has 10 aromatic rings. The van der Waals surface area contributed by atoms with Gasteiger partial charge in [0.05, 0.1) is 27.9 Å². The summed E-state index contributed by atoms with van der Waals surface area (Å²) in [6, 6.07) is 55.6. The third kappa shape index (κ3) is 4.45. The van der Waals surface area contributed by atoms with Crippen LogP contribution < -0.4 is 0 Å². The second-order valence-corrected chi connectivity index (χ2v) is 12.5. The number of para-hydroxylation sites is 2. The lowest BCUT2D eigenvalue weighted by molar-refractivity contribution is 1.13. The van der Waals surface area contributed by atoms with Gasteiger partial charge >= 0.3 is 0 Å². The first-order valence-electron chi connectivity index (χ1n) is 16.8. The number of aromatic nitrogens is 5. The Morgan fingerprint density at radius 2 is 1.04 bits per heavy atom. The Morgan fingerprint density at radius 3 is 1.80 bits per heavy atom. The number of fused-ring (bicyclic) bond motifs is 6. The highest BCUT2D eigenvalue weighted by molar-refractivity contribution is 6.17. The third-order valence-electron chi connectivity index (χ3n) is 9.65. The standard InChI is InChI=1S/C45H29N5/c1-2-12-33(13-3-1)49-41-19-5-4-14-38(41)44-35(15-10-20-42(44)49)30-21-22-36-37-16-11-25-48-45(37)50(43(36)29-30)34-27-31(39-17-6-8-23-46-39)26-32(28-34)40-18-7-9-24-47-40/h1-29H. The highest BCUT2D eigenvalue weighted by Crippen LogP contribution is 2.41. The topological polar surface area (TPSA) is 48.5 Å². The van der Waals surface area contributed by atoms with Crippen molar-refractivity contribution in [3.05, 3.63) is 176 Å². The fraction of sp³-hybridized carbons (Fsp3) is 0. The Balaban J connectivity index is 1.25. The van der Waals surface area contributed by atoms with E-state index in [-0.39, 0.29) is 0 Å². The van der Waals surface area contributed by atoms with Gasteiger partial charge in [0.25, 0.3) is 0 Å². The lowest BCUT2D eigenvalue weighted by atomic mass is 9.98. The number of hydrogen-bond donors (Lipinski definition) is 0. The van der Waals surface area contributed by atoms with Crippen LogP contribution in [0, 0.1) is 0 Å². The molecule has 5 nitrogen and oxygen atoms in total. The van der Waals surface area contributed by atoms with Gasteiger partial charge in [-0.05, 0) is 96.1 Å². The average molecular weight is 640 g/mol. The maximum absolute atomic E-state index is 4.96. The van der Waals surface area contributed by atoms with Crippen LogP contribution in [0.15, 0.2) is 176 Å². The van der Waals surface area contributed by atoms with Gasteiger partial charge in [0, 0.05) is 62.6 Å². The van der Waals surface area contributed by atoms with Crippen LogP contribution in [0.2, 0.25) is 0 Å². The van der Waals surface area contributed by atoms with Gasteiger partial charge in [-0.1, -0.05) is 72.8 Å². The molecule has 5 heterocycles. The lowest BCUT2D eigenvalue weighted by Crippen LogP contribution is -1.98. The SMILES string of the molecule is c1ccc(-n2c3ccccc3c3c(-c4ccc5c6cccnc6n(-c6cc(-c7ccccn7)cc(-c7ccccn7)c6)c5c4)cccc32)cc1. The second-order valence-electron chi connectivity index (χ2n) is 12.5. The van der Waals surface area contributed by atoms with Crippen LogP contribution in [0.3, 0.4) is 0 Å². The lowest BCUT2D eigenvalue weighted by Gasteiger charge is -2.13. The number of pyridine rings is 3. The Morgan fingerprint density at radius 1 is 0.360 bits per heavy atom. The molecule has 0 aliphatic heterocycles. The van der Waals surface area contributed by atoms with Crippen molar-refractivity contribution < 1.29 is 0 Å². The van der Waals surface area contributed by atoms with E-state index in [0.29, 0.717) is 0 Å². The minimum absolute atomic E-state index is 0.905. The number of hydrogen-bond acceptors (Lipinski definition) is 3. The normalized spacial score (nSPS) is 11.6. The van der Waals surface area contributed by atoms with Gasteiger partial charge in [-0.25, -0.2) is 4.98 Å². The molecule has 0 bridgehead atoms. The quantitative estimate of drug-likeness (QED) is 0.188. The Labute approximate surface area is 288 Å². The van der Waals surface area contributed by atoms with E-state index in [2.05, 4.69) is 137 Å². The monoisotopic (exact) mass is 639 g/mol. The smallest absolute Gasteiger partial charge is 0.145 e. The van der Waals surface area contributed by atoms with Gasteiger partial charge in [0.1, 0.15) is 5.65 Å². The summed E-state index contributed by atoms with van der Waals surface area (Å²) in [5, 5.41) is 4.72. The van der Waals surface area contributed by atoms with E-state index in [9.17, 15) is 0 Å². The first-order valence-corrected chi connectivity index (χ1v) is 16.8. The van der Waals surface area contributed by atoms with Crippen LogP contribution in [-0.4, -0.2) is 24.1 Å². The molecular weight excluding hydrogens is 611 g/mol. The third-order valence-corrected chi connectivity index (χ3v) is 9.65. The van der Waals surface area contributed by atoms with E-state index in [1.54, 1.807) is 0 Å². The molecule has 0 aliphatic rings. The maximum atomic E-state index is 4.96. The van der Waals surface area contributed by atoms with Crippen molar-refractivity contribution in [3.8, 4) is 45.0 Å². The largest absolute Gasteiger partial charge is 0.309 e. The average Bonchev–Trinajstić information content (AvgIpc) is 3.71. The summed E-state index contributed by atoms with van der Waals surface area (Å²) in [5.74, 6) is 0. The number of rotatable bonds is 5. The van der Waals surface area contributed by atoms with E-state index in [1.165, 1.54) is 27.4 Å². The molecule has 0 atom stereocenters. The van der Waals surface area contributed by atoms with Crippen LogP contribution in [0.1, 0.15) is 0 Å². The van der Waals surface area contributed by atoms with Crippen molar-refractivity contribution in [2.24, 2.45) is 0 Å². The minimum atomic E-state index is 0.905. The first kappa shape index (κ1) is 28.2. The van der Waals surface area contributed by atoms with Crippen LogP contribution in [-0.2, 0) is 0 Å². The Hall–Kier alpha value is -6.85. The number of benzene rings is 5. The fourth-order valence-corrected chi connectivity index (χ4v) is 7.49. The molecule has 0 aliphatic carbocycles. The molecular formula is C45H29N5. The zero-order valence-electron chi connectivity index (χ0n) is 27.0. The van der Waals surface area contributed by atoms with Crippen molar-refractivity contribution in [3.63, 3.8) is 0 Å². The van der Waals surface area contributed by atoms with Crippen LogP contribution in [0.25, 0.3) is 88.8 Å². The van der Waals surface area contributed by atoms with Gasteiger partial charge in [0.15, 0.2) is 0 Å². The van der Waals surface area contributed by atoms with E-state index in [1.807, 2.05) is 48.9 Å². The van der Waals surface area contributed by atoms with Crippen molar-refractivity contribution in [1.82, 2.24) is 24.1 Å². The molecule has 0 saturated carbocycles. The Bertz CT molecular complexity index is 2800. The van der Waals surface area contributed by atoms with Crippen molar-refractivity contribution in [1.29, 1.82) is 0 Å². The molecule has 0 fully saturated rings. The van der Waals surface area contributed by atoms with E-state index in [0.717, 1.165) is 61.4 Å². The maximum Gasteiger partial charge on any atom is 0.145 e. The zero-order chi connectivity index (χ0) is 33.0. The van der Waals surface area contributed by atoms with Crippen LogP contribution >= 0.6 is 0 Å². The summed E-state index contributed by atoms with van der Waals surface area (Å²) >= 11 is 0. The molecule has 0 radical (unpaired) electrons. The zero-order valence-corrected chi connectivity index (χ0v) is 27.0. The summed E-state index contributed by atoms with van der Waals surface area (Å²) in [5.41, 5.74) is 12.7. The van der Waals surface area contributed by atoms with Gasteiger partial charge in [-0.2, -0.15) is 0 Å². The van der Waals surface area contributed by atoms with Gasteiger partial charge in [-0.15, -0.1) is 0 Å². The Kier molecular flexibility index (Phi) is 6.42. The van der Waals surface area contributed by atoms with E-state index in [4.69, 9.17) is 15.0 Å². The molecule has 0 amide bonds. The summed E-state index contributed by atoms with van der Waals surface area (Å²) in [7, 11) is 0. The fourth-order valence-electron chi connectivity index (χ4n) is 7.49. The molecule has 0 N–H and O–H groups in total. The summed E-state index contributed by atoms with van der Waals surface area (Å²) in [4.78, 5) is 14.4. The van der Waals surface area contributed by atoms with Crippen LogP contribution in [0.4, 0.5) is 0 Å². The van der Waals surface area contributed by atoms with Crippen LogP contribution in [0.5, 0.6) is 0 Å². The summed E-state index contributed by atoms with van der Waals surface area (Å²) in [6.07, 6.45) is 5.55. The highest BCUT2D eigenvalue weighted by atomic mass is 15.0. The summed E-state index contributed by atoms with van der Waals surface area (Å²) < 4.78 is 4.66. The van der Waals surface area contributed by atoms with E-state index >= 15 is 0 Å². The molecule has 0 unspecified atom stereocenters. The minimum Gasteiger partial charge on any atom is -0.309 e. The van der Waals surface area contributed by atoms with Crippen molar-refractivity contribution in [2.45, 2.75) is 0 Å². The van der Waals surface area contributed by atoms with Gasteiger partial charge in [0.2, 0.25) is 0 Å². The molecule has 234 valence electrons. The highest BCUT2D eigenvalue weighted by Gasteiger charge is 2.19. The number of nitrogens with zero attached hydrogens (tertiary/aromatic N) is 5. The molecule has 0 spiro atoms. The molecule has 5 heteroatoms. The van der Waals surface area contributed by atoms with Crippen molar-refractivity contribution in [2.75, 3.05) is 0 Å².